The predicted octanol–water partition coefficient (Wildman–Crippen LogP) is 6.06. The van der Waals surface area contributed by atoms with Gasteiger partial charge in [-0.15, -0.1) is 0 Å². The molecule has 0 saturated heterocycles. The molecule has 5 heterocycles. The molecular formula is C29H24FN7O2. The van der Waals surface area contributed by atoms with Gasteiger partial charge in [-0.2, -0.15) is 5.10 Å². The quantitative estimate of drug-likeness (QED) is 0.223. The van der Waals surface area contributed by atoms with Gasteiger partial charge in [0.2, 0.25) is 5.91 Å². The van der Waals surface area contributed by atoms with E-state index in [9.17, 15) is 14.3 Å². The minimum atomic E-state index is -0.539. The van der Waals surface area contributed by atoms with Crippen LogP contribution < -0.4 is 5.32 Å². The summed E-state index contributed by atoms with van der Waals surface area (Å²) in [5.41, 5.74) is 5.40. The number of hydrogen-bond donors (Lipinski definition) is 4. The number of nitrogens with one attached hydrogen (secondary N) is 3. The van der Waals surface area contributed by atoms with Gasteiger partial charge in [0.1, 0.15) is 22.9 Å². The molecule has 5 aromatic heterocycles. The number of carbonyl (C=O) groups excluding carboxylic acids is 1. The van der Waals surface area contributed by atoms with Crippen LogP contribution >= 0.6 is 0 Å². The minimum absolute atomic E-state index is 0.109. The Bertz CT molecular complexity index is 1860. The molecule has 4 N–H and O–H groups in total. The molecule has 0 atom stereocenters. The SMILES string of the molecule is CC(C)(C)C(=O)Nc1cncc(-c2cc3c(-c4cc5c(-c6cc(O)cc(F)c6)ccnc5[nH]4)n[nH]c3cn2)c1. The Morgan fingerprint density at radius 3 is 2.62 bits per heavy atom. The van der Waals surface area contributed by atoms with Crippen molar-refractivity contribution in [3.63, 3.8) is 0 Å². The zero-order valence-corrected chi connectivity index (χ0v) is 21.4. The van der Waals surface area contributed by atoms with Gasteiger partial charge in [-0.25, -0.2) is 9.37 Å². The third-order valence-electron chi connectivity index (χ3n) is 6.40. The van der Waals surface area contributed by atoms with Crippen molar-refractivity contribution < 1.29 is 14.3 Å². The number of aromatic amines is 2. The summed E-state index contributed by atoms with van der Waals surface area (Å²) >= 11 is 0. The predicted molar refractivity (Wildman–Crippen MR) is 147 cm³/mol. The van der Waals surface area contributed by atoms with E-state index in [4.69, 9.17) is 0 Å². The molecule has 0 radical (unpaired) electrons. The summed E-state index contributed by atoms with van der Waals surface area (Å²) in [6, 6.07) is 11.4. The van der Waals surface area contributed by atoms with Crippen molar-refractivity contribution in [3.8, 4) is 39.5 Å². The lowest BCUT2D eigenvalue weighted by Crippen LogP contribution is -2.27. The molecule has 10 heteroatoms. The van der Waals surface area contributed by atoms with Gasteiger partial charge in [-0.05, 0) is 47.5 Å². The number of phenols is 1. The molecular weight excluding hydrogens is 497 g/mol. The standard InChI is InChI=1S/C29H24FN7O2/c1-29(2,3)28(39)34-18-7-16(12-31-13-18)23-11-22-25(14-33-23)36-37-26(22)24-10-21-20(4-5-32-27(21)35-24)15-6-17(30)9-19(38)8-15/h4-14,38H,1-3H3,(H,32,35)(H,34,39)(H,36,37). The fourth-order valence-corrected chi connectivity index (χ4v) is 4.38. The Hall–Kier alpha value is -5.12. The second kappa shape index (κ2) is 9.02. The summed E-state index contributed by atoms with van der Waals surface area (Å²) in [6.07, 6.45) is 6.61. The van der Waals surface area contributed by atoms with Crippen LogP contribution in [0.2, 0.25) is 0 Å². The van der Waals surface area contributed by atoms with Crippen molar-refractivity contribution >= 4 is 33.5 Å². The highest BCUT2D eigenvalue weighted by Crippen LogP contribution is 2.35. The number of hydrogen-bond acceptors (Lipinski definition) is 6. The zero-order chi connectivity index (χ0) is 27.3. The second-order valence-corrected chi connectivity index (χ2v) is 10.4. The maximum Gasteiger partial charge on any atom is 0.229 e. The first-order valence-electron chi connectivity index (χ1n) is 12.2. The lowest BCUT2D eigenvalue weighted by atomic mass is 9.95. The number of H-pyrrole nitrogens is 2. The molecule has 0 saturated carbocycles. The van der Waals surface area contributed by atoms with Gasteiger partial charge in [0.25, 0.3) is 0 Å². The first-order chi connectivity index (χ1) is 18.7. The normalized spacial score (nSPS) is 11.8. The number of phenolic OH excluding ortho intramolecular Hbond substituents is 1. The van der Waals surface area contributed by atoms with Crippen LogP contribution in [0.1, 0.15) is 20.8 Å². The number of aromatic nitrogens is 6. The zero-order valence-electron chi connectivity index (χ0n) is 21.4. The molecule has 0 fully saturated rings. The average Bonchev–Trinajstić information content (AvgIpc) is 3.51. The van der Waals surface area contributed by atoms with Crippen LogP contribution in [-0.2, 0) is 4.79 Å². The van der Waals surface area contributed by atoms with Crippen molar-refractivity contribution in [2.75, 3.05) is 5.32 Å². The third kappa shape index (κ3) is 4.56. The topological polar surface area (TPSA) is 132 Å². The largest absolute Gasteiger partial charge is 0.508 e. The van der Waals surface area contributed by atoms with Crippen LogP contribution in [0.15, 0.2) is 67.3 Å². The molecule has 194 valence electrons. The Labute approximate surface area is 222 Å². The van der Waals surface area contributed by atoms with Crippen molar-refractivity contribution in [2.24, 2.45) is 5.41 Å². The number of halogens is 1. The number of benzene rings is 1. The number of nitrogens with zero attached hydrogens (tertiary/aromatic N) is 4. The summed E-state index contributed by atoms with van der Waals surface area (Å²) in [6.45, 7) is 5.54. The smallest absolute Gasteiger partial charge is 0.229 e. The fourth-order valence-electron chi connectivity index (χ4n) is 4.38. The Kier molecular flexibility index (Phi) is 5.60. The fraction of sp³-hybridized carbons (Fsp3) is 0.138. The van der Waals surface area contributed by atoms with Gasteiger partial charge in [-0.3, -0.25) is 19.9 Å². The van der Waals surface area contributed by atoms with Crippen LogP contribution in [0.3, 0.4) is 0 Å². The maximum atomic E-state index is 14.0. The van der Waals surface area contributed by atoms with Crippen LogP contribution in [0, 0.1) is 11.2 Å². The van der Waals surface area contributed by atoms with Gasteiger partial charge < -0.3 is 15.4 Å². The molecule has 0 aliphatic rings. The Morgan fingerprint density at radius 1 is 0.974 bits per heavy atom. The molecule has 0 aliphatic heterocycles. The monoisotopic (exact) mass is 521 g/mol. The molecule has 39 heavy (non-hydrogen) atoms. The number of pyridine rings is 3. The number of rotatable bonds is 4. The lowest BCUT2D eigenvalue weighted by Gasteiger charge is -2.17. The highest BCUT2D eigenvalue weighted by molar-refractivity contribution is 6.00. The molecule has 6 aromatic rings. The van der Waals surface area contributed by atoms with E-state index >= 15 is 0 Å². The van der Waals surface area contributed by atoms with Crippen molar-refractivity contribution in [3.05, 3.63) is 73.1 Å². The first-order valence-corrected chi connectivity index (χ1v) is 12.2. The summed E-state index contributed by atoms with van der Waals surface area (Å²) in [5, 5.41) is 21.9. The van der Waals surface area contributed by atoms with E-state index in [0.29, 0.717) is 34.0 Å². The summed E-state index contributed by atoms with van der Waals surface area (Å²) in [4.78, 5) is 29.0. The van der Waals surface area contributed by atoms with Crippen molar-refractivity contribution in [1.82, 2.24) is 30.1 Å². The van der Waals surface area contributed by atoms with Gasteiger partial charge in [0.15, 0.2) is 0 Å². The average molecular weight is 522 g/mol. The molecule has 0 bridgehead atoms. The van der Waals surface area contributed by atoms with E-state index in [-0.39, 0.29) is 11.7 Å². The number of anilines is 1. The van der Waals surface area contributed by atoms with Gasteiger partial charge in [0, 0.05) is 40.2 Å². The van der Waals surface area contributed by atoms with Crippen LogP contribution in [0.25, 0.3) is 55.7 Å². The van der Waals surface area contributed by atoms with Gasteiger partial charge in [0.05, 0.1) is 35.0 Å². The third-order valence-corrected chi connectivity index (χ3v) is 6.40. The molecule has 6 rings (SSSR count). The molecule has 1 aromatic carbocycles. The molecule has 0 aliphatic carbocycles. The van der Waals surface area contributed by atoms with Gasteiger partial charge >= 0.3 is 0 Å². The lowest BCUT2D eigenvalue weighted by molar-refractivity contribution is -0.123. The van der Waals surface area contributed by atoms with E-state index < -0.39 is 11.2 Å². The summed E-state index contributed by atoms with van der Waals surface area (Å²) in [7, 11) is 0. The first kappa shape index (κ1) is 24.2. The number of carbonyl (C=O) groups is 1. The van der Waals surface area contributed by atoms with Crippen LogP contribution in [-0.4, -0.2) is 41.1 Å². The van der Waals surface area contributed by atoms with E-state index in [1.807, 2.05) is 39.0 Å². The highest BCUT2D eigenvalue weighted by atomic mass is 19.1. The summed E-state index contributed by atoms with van der Waals surface area (Å²) < 4.78 is 14.0. The molecule has 1 amide bonds. The highest BCUT2D eigenvalue weighted by Gasteiger charge is 2.21. The number of amides is 1. The maximum absolute atomic E-state index is 14.0. The van der Waals surface area contributed by atoms with E-state index in [2.05, 4.69) is 35.5 Å². The number of aromatic hydroxyl groups is 1. The minimum Gasteiger partial charge on any atom is -0.508 e. The van der Waals surface area contributed by atoms with E-state index in [0.717, 1.165) is 33.5 Å². The molecule has 9 nitrogen and oxygen atoms in total. The molecule has 0 spiro atoms. The number of fused-ring (bicyclic) bond motifs is 2. The Balaban J connectivity index is 1.41. The second-order valence-electron chi connectivity index (χ2n) is 10.4. The van der Waals surface area contributed by atoms with Crippen LogP contribution in [0.4, 0.5) is 10.1 Å². The van der Waals surface area contributed by atoms with Crippen molar-refractivity contribution in [1.29, 1.82) is 0 Å². The Morgan fingerprint density at radius 2 is 1.82 bits per heavy atom. The van der Waals surface area contributed by atoms with Crippen LogP contribution in [0.5, 0.6) is 5.75 Å². The van der Waals surface area contributed by atoms with E-state index in [1.165, 1.54) is 12.1 Å². The van der Waals surface area contributed by atoms with Crippen molar-refractivity contribution in [2.45, 2.75) is 20.8 Å². The van der Waals surface area contributed by atoms with Gasteiger partial charge in [-0.1, -0.05) is 20.8 Å². The van der Waals surface area contributed by atoms with E-state index in [1.54, 1.807) is 30.9 Å². The molecule has 0 unspecified atom stereocenters. The summed E-state index contributed by atoms with van der Waals surface area (Å²) in [5.74, 6) is -0.789.